The monoisotopic (exact) mass is 413 g/mol. The molecule has 0 amide bonds. The lowest BCUT2D eigenvalue weighted by Gasteiger charge is -2.10. The molecular weight excluding hydrogens is 399 g/mol. The van der Waals surface area contributed by atoms with E-state index in [0.717, 1.165) is 22.8 Å². The lowest BCUT2D eigenvalue weighted by Crippen LogP contribution is -2.26. The Bertz CT molecular complexity index is 1220. The molecule has 2 aromatic carbocycles. The molecule has 0 aliphatic heterocycles. The van der Waals surface area contributed by atoms with Crippen molar-refractivity contribution in [2.45, 2.75) is 19.3 Å². The first-order valence-corrected chi connectivity index (χ1v) is 8.67. The van der Waals surface area contributed by atoms with Gasteiger partial charge in [-0.2, -0.15) is 18.4 Å². The predicted octanol–water partition coefficient (Wildman–Crippen LogP) is 3.70. The van der Waals surface area contributed by atoms with Gasteiger partial charge < -0.3 is 4.74 Å². The van der Waals surface area contributed by atoms with E-state index in [1.165, 1.54) is 18.2 Å². The highest BCUT2D eigenvalue weighted by atomic mass is 19.4. The average Bonchev–Trinajstić information content (AvgIpc) is 2.72. The molecule has 0 spiro atoms. The number of ether oxygens (including phenoxy) is 1. The van der Waals surface area contributed by atoms with Gasteiger partial charge in [-0.15, -0.1) is 0 Å². The minimum atomic E-state index is -4.49. The number of para-hydroxylation sites is 1. The van der Waals surface area contributed by atoms with Crippen LogP contribution < -0.4 is 5.56 Å². The van der Waals surface area contributed by atoms with Crippen molar-refractivity contribution >= 4 is 22.9 Å². The van der Waals surface area contributed by atoms with Gasteiger partial charge in [0.25, 0.3) is 5.56 Å². The number of aromatic nitrogens is 2. The number of carbonyl (C=O) groups is 1. The fourth-order valence-corrected chi connectivity index (χ4v) is 2.72. The number of halogens is 3. The molecule has 0 N–H and O–H groups in total. The number of esters is 1. The van der Waals surface area contributed by atoms with Crippen molar-refractivity contribution in [2.75, 3.05) is 0 Å². The van der Waals surface area contributed by atoms with Gasteiger partial charge in [0, 0.05) is 6.08 Å². The lowest BCUT2D eigenvalue weighted by atomic mass is 10.1. The third-order valence-electron chi connectivity index (χ3n) is 4.14. The molecule has 0 aliphatic rings. The summed E-state index contributed by atoms with van der Waals surface area (Å²) in [4.78, 5) is 28.8. The van der Waals surface area contributed by atoms with Gasteiger partial charge in [0.1, 0.15) is 13.2 Å². The number of carbonyl (C=O) groups excluding carboxylic acids is 1. The number of hydrogen-bond acceptors (Lipinski definition) is 5. The van der Waals surface area contributed by atoms with Crippen molar-refractivity contribution < 1.29 is 22.7 Å². The molecule has 0 saturated carbocycles. The molecule has 6 nitrogen and oxygen atoms in total. The van der Waals surface area contributed by atoms with Gasteiger partial charge in [0.05, 0.1) is 22.5 Å². The third kappa shape index (κ3) is 4.72. The van der Waals surface area contributed by atoms with E-state index < -0.39 is 23.3 Å². The third-order valence-corrected chi connectivity index (χ3v) is 4.14. The molecule has 0 atom stereocenters. The largest absolute Gasteiger partial charge is 0.454 e. The standard InChI is InChI=1S/C21H14F3N3O3/c22-21(23,24)15-5-3-4-14(12-15)8-9-19(28)30-13-18-26-17-7-2-1-6-16(17)20(29)27(18)11-10-25/h1-9,12H,11,13H2/b9-8+. The fourth-order valence-electron chi connectivity index (χ4n) is 2.72. The number of hydrogen-bond donors (Lipinski definition) is 0. The summed E-state index contributed by atoms with van der Waals surface area (Å²) in [5.74, 6) is -0.751. The van der Waals surface area contributed by atoms with E-state index in [1.807, 2.05) is 6.07 Å². The molecule has 9 heteroatoms. The van der Waals surface area contributed by atoms with Gasteiger partial charge in [0.15, 0.2) is 5.82 Å². The van der Waals surface area contributed by atoms with Crippen LogP contribution in [0.15, 0.2) is 59.4 Å². The summed E-state index contributed by atoms with van der Waals surface area (Å²) in [6.07, 6.45) is -2.33. The fraction of sp³-hybridized carbons (Fsp3) is 0.143. The Labute approximate surface area is 168 Å². The molecule has 0 fully saturated rings. The summed E-state index contributed by atoms with van der Waals surface area (Å²) in [6, 6.07) is 12.9. The molecule has 30 heavy (non-hydrogen) atoms. The van der Waals surface area contributed by atoms with Gasteiger partial charge in [-0.1, -0.05) is 24.3 Å². The second-order valence-corrected chi connectivity index (χ2v) is 6.16. The van der Waals surface area contributed by atoms with E-state index in [4.69, 9.17) is 10.00 Å². The second kappa shape index (κ2) is 8.61. The molecule has 1 aromatic heterocycles. The van der Waals surface area contributed by atoms with Crippen LogP contribution in [0.2, 0.25) is 0 Å². The number of alkyl halides is 3. The van der Waals surface area contributed by atoms with Crippen molar-refractivity contribution in [3.63, 3.8) is 0 Å². The maximum absolute atomic E-state index is 12.7. The van der Waals surface area contributed by atoms with Crippen LogP contribution in [-0.4, -0.2) is 15.5 Å². The SMILES string of the molecule is N#CCn1c(COC(=O)/C=C/c2cccc(C(F)(F)F)c2)nc2ccccc2c1=O. The van der Waals surface area contributed by atoms with Crippen LogP contribution in [0.4, 0.5) is 13.2 Å². The number of benzene rings is 2. The molecule has 152 valence electrons. The summed E-state index contributed by atoms with van der Waals surface area (Å²) >= 11 is 0. The topological polar surface area (TPSA) is 85.0 Å². The predicted molar refractivity (Wildman–Crippen MR) is 102 cm³/mol. The smallest absolute Gasteiger partial charge is 0.416 e. The Balaban J connectivity index is 1.77. The van der Waals surface area contributed by atoms with Crippen molar-refractivity contribution in [3.8, 4) is 6.07 Å². The zero-order chi connectivity index (χ0) is 21.7. The Morgan fingerprint density at radius 3 is 2.70 bits per heavy atom. The zero-order valence-electron chi connectivity index (χ0n) is 15.4. The highest BCUT2D eigenvalue weighted by Crippen LogP contribution is 2.29. The first kappa shape index (κ1) is 20.8. The first-order chi connectivity index (χ1) is 14.3. The van der Waals surface area contributed by atoms with Gasteiger partial charge >= 0.3 is 12.1 Å². The van der Waals surface area contributed by atoms with Gasteiger partial charge in [-0.05, 0) is 35.9 Å². The highest BCUT2D eigenvalue weighted by molar-refractivity contribution is 5.87. The normalized spacial score (nSPS) is 11.5. The molecule has 0 bridgehead atoms. The summed E-state index contributed by atoms with van der Waals surface area (Å²) < 4.78 is 44.4. The second-order valence-electron chi connectivity index (χ2n) is 6.16. The Hall–Kier alpha value is -3.93. The summed E-state index contributed by atoms with van der Waals surface area (Å²) in [6.45, 7) is -0.656. The summed E-state index contributed by atoms with van der Waals surface area (Å²) in [5, 5.41) is 9.30. The average molecular weight is 413 g/mol. The van der Waals surface area contributed by atoms with Crippen molar-refractivity contribution in [2.24, 2.45) is 0 Å². The quantitative estimate of drug-likeness (QED) is 0.470. The number of nitriles is 1. The molecule has 0 saturated heterocycles. The minimum Gasteiger partial charge on any atom is -0.454 e. The van der Waals surface area contributed by atoms with Gasteiger partial charge in [0.2, 0.25) is 0 Å². The van der Waals surface area contributed by atoms with Crippen LogP contribution in [0, 0.1) is 11.3 Å². The lowest BCUT2D eigenvalue weighted by molar-refractivity contribution is -0.139. The molecule has 0 radical (unpaired) electrons. The molecule has 0 unspecified atom stereocenters. The first-order valence-electron chi connectivity index (χ1n) is 8.67. The van der Waals surface area contributed by atoms with E-state index in [0.29, 0.717) is 10.9 Å². The molecular formula is C21H14F3N3O3. The van der Waals surface area contributed by atoms with Crippen molar-refractivity contribution in [1.29, 1.82) is 5.26 Å². The number of rotatable bonds is 5. The van der Waals surface area contributed by atoms with E-state index in [1.54, 1.807) is 24.3 Å². The maximum Gasteiger partial charge on any atom is 0.416 e. The Morgan fingerprint density at radius 1 is 1.20 bits per heavy atom. The van der Waals surface area contributed by atoms with Crippen LogP contribution >= 0.6 is 0 Å². The Morgan fingerprint density at radius 2 is 1.97 bits per heavy atom. The summed E-state index contributed by atoms with van der Waals surface area (Å²) in [5.41, 5.74) is -0.708. The van der Waals surface area contributed by atoms with Crippen LogP contribution in [-0.2, 0) is 28.9 Å². The molecule has 1 heterocycles. The molecule has 3 aromatic rings. The van der Waals surface area contributed by atoms with E-state index >= 15 is 0 Å². The number of nitrogens with zero attached hydrogens (tertiary/aromatic N) is 3. The van der Waals surface area contributed by atoms with Crippen molar-refractivity contribution in [3.05, 3.63) is 81.9 Å². The van der Waals surface area contributed by atoms with E-state index in [-0.39, 0.29) is 24.5 Å². The van der Waals surface area contributed by atoms with Crippen LogP contribution in [0.3, 0.4) is 0 Å². The molecule has 3 rings (SSSR count). The highest BCUT2D eigenvalue weighted by Gasteiger charge is 2.30. The van der Waals surface area contributed by atoms with E-state index in [2.05, 4.69) is 4.98 Å². The van der Waals surface area contributed by atoms with Crippen LogP contribution in [0.1, 0.15) is 17.0 Å². The van der Waals surface area contributed by atoms with E-state index in [9.17, 15) is 22.8 Å². The van der Waals surface area contributed by atoms with Crippen LogP contribution in [0.5, 0.6) is 0 Å². The minimum absolute atomic E-state index is 0.0843. The zero-order valence-corrected chi connectivity index (χ0v) is 15.4. The Kier molecular flexibility index (Phi) is 5.97. The van der Waals surface area contributed by atoms with Gasteiger partial charge in [-0.3, -0.25) is 9.36 Å². The van der Waals surface area contributed by atoms with Crippen molar-refractivity contribution in [1.82, 2.24) is 9.55 Å². The summed E-state index contributed by atoms with van der Waals surface area (Å²) in [7, 11) is 0. The molecule has 0 aliphatic carbocycles. The van der Waals surface area contributed by atoms with Gasteiger partial charge in [-0.25, -0.2) is 9.78 Å². The number of fused-ring (bicyclic) bond motifs is 1. The maximum atomic E-state index is 12.7. The van der Waals surface area contributed by atoms with Crippen LogP contribution in [0.25, 0.3) is 17.0 Å².